The van der Waals surface area contributed by atoms with Crippen LogP contribution >= 0.6 is 11.6 Å². The van der Waals surface area contributed by atoms with Crippen molar-refractivity contribution in [2.75, 3.05) is 11.2 Å². The van der Waals surface area contributed by atoms with Gasteiger partial charge in [-0.25, -0.2) is 4.98 Å². The summed E-state index contributed by atoms with van der Waals surface area (Å²) >= 11 is 5.98. The number of nitrogens with zero attached hydrogens (tertiary/aromatic N) is 1. The number of nitrogens with one attached hydrogen (secondary N) is 1. The molecule has 3 heteroatoms. The van der Waals surface area contributed by atoms with E-state index >= 15 is 0 Å². The van der Waals surface area contributed by atoms with E-state index in [2.05, 4.69) is 10.3 Å². The van der Waals surface area contributed by atoms with Gasteiger partial charge in [0.2, 0.25) is 0 Å². The zero-order valence-electron chi connectivity index (χ0n) is 8.82. The molecule has 1 N–H and O–H groups in total. The summed E-state index contributed by atoms with van der Waals surface area (Å²) in [5.41, 5.74) is 0. The van der Waals surface area contributed by atoms with Crippen LogP contribution in [0.4, 0.5) is 5.82 Å². The molecule has 1 aliphatic carbocycles. The van der Waals surface area contributed by atoms with Crippen molar-refractivity contribution in [2.24, 2.45) is 5.92 Å². The van der Waals surface area contributed by atoms with Crippen molar-refractivity contribution in [3.8, 4) is 0 Å². The van der Waals surface area contributed by atoms with E-state index in [1.54, 1.807) is 0 Å². The number of rotatable bonds is 3. The highest BCUT2D eigenvalue weighted by Crippen LogP contribution is 2.27. The van der Waals surface area contributed by atoms with Crippen LogP contribution in [0.25, 0.3) is 0 Å². The first kappa shape index (κ1) is 10.7. The first-order valence-electron chi connectivity index (χ1n) is 5.63. The summed E-state index contributed by atoms with van der Waals surface area (Å²) in [4.78, 5) is 4.29. The number of halogens is 1. The molecule has 0 saturated heterocycles. The molecule has 0 radical (unpaired) electrons. The Balaban J connectivity index is 1.97. The normalized spacial score (nSPS) is 26.2. The van der Waals surface area contributed by atoms with Gasteiger partial charge in [-0.1, -0.05) is 18.9 Å². The van der Waals surface area contributed by atoms with Crippen LogP contribution in [0.1, 0.15) is 25.7 Å². The Kier molecular flexibility index (Phi) is 3.84. The minimum absolute atomic E-state index is 0.506. The number of pyridine rings is 1. The van der Waals surface area contributed by atoms with Gasteiger partial charge in [-0.2, -0.15) is 0 Å². The molecule has 2 rings (SSSR count). The molecule has 0 bridgehead atoms. The monoisotopic (exact) mass is 224 g/mol. The first-order valence-corrected chi connectivity index (χ1v) is 6.17. The minimum atomic E-state index is 0.506. The van der Waals surface area contributed by atoms with Gasteiger partial charge < -0.3 is 5.32 Å². The van der Waals surface area contributed by atoms with Crippen LogP contribution in [-0.2, 0) is 0 Å². The zero-order chi connectivity index (χ0) is 10.5. The number of aromatic nitrogens is 1. The highest BCUT2D eigenvalue weighted by Gasteiger charge is 2.24. The van der Waals surface area contributed by atoms with E-state index in [4.69, 9.17) is 11.6 Å². The Morgan fingerprint density at radius 1 is 1.33 bits per heavy atom. The maximum atomic E-state index is 5.98. The molecule has 2 unspecified atom stereocenters. The standard InChI is InChI=1S/C12H17ClN2/c13-9-10-5-1-2-6-11(10)15-12-7-3-4-8-14-12/h3-4,7-8,10-11H,1-2,5-6,9H2,(H,14,15). The molecule has 82 valence electrons. The molecule has 0 aliphatic heterocycles. The van der Waals surface area contributed by atoms with Crippen LogP contribution in [0.5, 0.6) is 0 Å². The summed E-state index contributed by atoms with van der Waals surface area (Å²) in [7, 11) is 0. The van der Waals surface area contributed by atoms with Crippen molar-refractivity contribution in [3.63, 3.8) is 0 Å². The van der Waals surface area contributed by atoms with Crippen LogP contribution in [0, 0.1) is 5.92 Å². The lowest BCUT2D eigenvalue weighted by atomic mass is 9.86. The molecule has 1 aliphatic rings. The van der Waals surface area contributed by atoms with Gasteiger partial charge in [-0.3, -0.25) is 0 Å². The van der Waals surface area contributed by atoms with E-state index < -0.39 is 0 Å². The predicted molar refractivity (Wildman–Crippen MR) is 64.3 cm³/mol. The third-order valence-electron chi connectivity index (χ3n) is 3.11. The van der Waals surface area contributed by atoms with E-state index in [0.29, 0.717) is 12.0 Å². The van der Waals surface area contributed by atoms with Crippen molar-refractivity contribution in [1.29, 1.82) is 0 Å². The Labute approximate surface area is 96.1 Å². The molecule has 1 fully saturated rings. The summed E-state index contributed by atoms with van der Waals surface area (Å²) in [6.45, 7) is 0. The Bertz CT molecular complexity index is 289. The summed E-state index contributed by atoms with van der Waals surface area (Å²) in [6, 6.07) is 6.46. The van der Waals surface area contributed by atoms with E-state index in [9.17, 15) is 0 Å². The van der Waals surface area contributed by atoms with Crippen LogP contribution in [0.15, 0.2) is 24.4 Å². The fourth-order valence-corrected chi connectivity index (χ4v) is 2.59. The lowest BCUT2D eigenvalue weighted by Crippen LogP contribution is -2.33. The molecule has 2 atom stereocenters. The molecular formula is C12H17ClN2. The van der Waals surface area contributed by atoms with Crippen molar-refractivity contribution >= 4 is 17.4 Å². The number of hydrogen-bond acceptors (Lipinski definition) is 2. The fraction of sp³-hybridized carbons (Fsp3) is 0.583. The Hall–Kier alpha value is -0.760. The van der Waals surface area contributed by atoms with Gasteiger partial charge in [-0.05, 0) is 30.9 Å². The second kappa shape index (κ2) is 5.36. The van der Waals surface area contributed by atoms with Gasteiger partial charge in [0.1, 0.15) is 5.82 Å². The van der Waals surface area contributed by atoms with E-state index in [-0.39, 0.29) is 0 Å². The number of hydrogen-bond donors (Lipinski definition) is 1. The topological polar surface area (TPSA) is 24.9 Å². The van der Waals surface area contributed by atoms with Crippen LogP contribution in [0.3, 0.4) is 0 Å². The number of alkyl halides is 1. The maximum Gasteiger partial charge on any atom is 0.126 e. The van der Waals surface area contributed by atoms with Gasteiger partial charge in [-0.15, -0.1) is 11.6 Å². The molecule has 1 aromatic heterocycles. The summed E-state index contributed by atoms with van der Waals surface area (Å²) in [5, 5.41) is 3.49. The molecule has 1 heterocycles. The highest BCUT2D eigenvalue weighted by atomic mass is 35.5. The average Bonchev–Trinajstić information content (AvgIpc) is 2.31. The van der Waals surface area contributed by atoms with E-state index in [1.807, 2.05) is 24.4 Å². The summed E-state index contributed by atoms with van der Waals surface area (Å²) < 4.78 is 0. The van der Waals surface area contributed by atoms with Gasteiger partial charge in [0, 0.05) is 18.1 Å². The van der Waals surface area contributed by atoms with Crippen LogP contribution in [-0.4, -0.2) is 16.9 Å². The quantitative estimate of drug-likeness (QED) is 0.797. The highest BCUT2D eigenvalue weighted by molar-refractivity contribution is 6.18. The SMILES string of the molecule is ClCC1CCCCC1Nc1ccccn1. The molecular weight excluding hydrogens is 208 g/mol. The van der Waals surface area contributed by atoms with E-state index in [0.717, 1.165) is 11.7 Å². The molecule has 15 heavy (non-hydrogen) atoms. The van der Waals surface area contributed by atoms with Gasteiger partial charge in [0.05, 0.1) is 0 Å². The van der Waals surface area contributed by atoms with Crippen molar-refractivity contribution in [3.05, 3.63) is 24.4 Å². The fourth-order valence-electron chi connectivity index (χ4n) is 2.22. The molecule has 0 aromatic carbocycles. The second-order valence-electron chi connectivity index (χ2n) is 4.16. The van der Waals surface area contributed by atoms with Gasteiger partial charge in [0.25, 0.3) is 0 Å². The Morgan fingerprint density at radius 3 is 2.93 bits per heavy atom. The smallest absolute Gasteiger partial charge is 0.126 e. The van der Waals surface area contributed by atoms with Gasteiger partial charge in [0.15, 0.2) is 0 Å². The molecule has 2 nitrogen and oxygen atoms in total. The van der Waals surface area contributed by atoms with Crippen molar-refractivity contribution < 1.29 is 0 Å². The predicted octanol–water partition coefficient (Wildman–Crippen LogP) is 3.29. The average molecular weight is 225 g/mol. The number of anilines is 1. The summed E-state index contributed by atoms with van der Waals surface area (Å²) in [6.07, 6.45) is 6.90. The van der Waals surface area contributed by atoms with Crippen LogP contribution < -0.4 is 5.32 Å². The van der Waals surface area contributed by atoms with Crippen molar-refractivity contribution in [2.45, 2.75) is 31.7 Å². The second-order valence-corrected chi connectivity index (χ2v) is 4.47. The minimum Gasteiger partial charge on any atom is -0.367 e. The largest absolute Gasteiger partial charge is 0.367 e. The third-order valence-corrected chi connectivity index (χ3v) is 3.50. The molecule has 0 spiro atoms. The molecule has 0 amide bonds. The lowest BCUT2D eigenvalue weighted by molar-refractivity contribution is 0.352. The molecule has 1 aromatic rings. The summed E-state index contributed by atoms with van der Waals surface area (Å²) in [5.74, 6) is 2.33. The van der Waals surface area contributed by atoms with Crippen LogP contribution in [0.2, 0.25) is 0 Å². The lowest BCUT2D eigenvalue weighted by Gasteiger charge is -2.31. The van der Waals surface area contributed by atoms with E-state index in [1.165, 1.54) is 25.7 Å². The Morgan fingerprint density at radius 2 is 2.20 bits per heavy atom. The third kappa shape index (κ3) is 2.85. The first-order chi connectivity index (χ1) is 7.40. The maximum absolute atomic E-state index is 5.98. The molecule has 1 saturated carbocycles. The van der Waals surface area contributed by atoms with Crippen molar-refractivity contribution in [1.82, 2.24) is 4.98 Å². The van der Waals surface area contributed by atoms with Gasteiger partial charge >= 0.3 is 0 Å². The zero-order valence-corrected chi connectivity index (χ0v) is 9.58.